The Morgan fingerprint density at radius 2 is 1.76 bits per heavy atom. The van der Waals surface area contributed by atoms with E-state index in [1.165, 1.54) is 5.56 Å². The molecule has 3 nitrogen and oxygen atoms in total. The third-order valence-electron chi connectivity index (χ3n) is 3.50. The van der Waals surface area contributed by atoms with Crippen molar-refractivity contribution in [1.82, 2.24) is 0 Å². The molecule has 2 aromatic rings. The molecule has 0 radical (unpaired) electrons. The van der Waals surface area contributed by atoms with Crippen molar-refractivity contribution >= 4 is 38.9 Å². The first-order valence-electron chi connectivity index (χ1n) is 7.06. The van der Waals surface area contributed by atoms with Crippen LogP contribution in [0.4, 0.5) is 17.1 Å². The minimum absolute atomic E-state index is 0.136. The second-order valence-corrected chi connectivity index (χ2v) is 6.30. The molecule has 0 aliphatic heterocycles. The van der Waals surface area contributed by atoms with Crippen molar-refractivity contribution in [2.75, 3.05) is 10.6 Å². The number of anilines is 3. The predicted octanol–water partition coefficient (Wildman–Crippen LogP) is 4.85. The van der Waals surface area contributed by atoms with Crippen LogP contribution >= 0.6 is 15.9 Å². The zero-order valence-electron chi connectivity index (χ0n) is 11.8. The summed E-state index contributed by atoms with van der Waals surface area (Å²) in [4.78, 5) is 11.7. The van der Waals surface area contributed by atoms with Crippen LogP contribution in [0.25, 0.3) is 0 Å². The normalized spacial score (nSPS) is 13.8. The van der Waals surface area contributed by atoms with Gasteiger partial charge in [0.15, 0.2) is 0 Å². The zero-order chi connectivity index (χ0) is 14.8. The molecule has 2 aromatic carbocycles. The first-order chi connectivity index (χ1) is 10.1. The minimum Gasteiger partial charge on any atom is -0.355 e. The van der Waals surface area contributed by atoms with Crippen molar-refractivity contribution in [3.8, 4) is 0 Å². The molecule has 0 unspecified atom stereocenters. The highest BCUT2D eigenvalue weighted by atomic mass is 79.9. The van der Waals surface area contributed by atoms with Gasteiger partial charge in [-0.2, -0.15) is 0 Å². The van der Waals surface area contributed by atoms with E-state index >= 15 is 0 Å². The fourth-order valence-corrected chi connectivity index (χ4v) is 2.70. The van der Waals surface area contributed by atoms with Crippen LogP contribution in [0.1, 0.15) is 18.4 Å². The lowest BCUT2D eigenvalue weighted by Gasteiger charge is -2.10. The van der Waals surface area contributed by atoms with Crippen LogP contribution in [0.15, 0.2) is 46.9 Å². The second kappa shape index (κ2) is 5.90. The van der Waals surface area contributed by atoms with Gasteiger partial charge in [0.05, 0.1) is 5.69 Å². The van der Waals surface area contributed by atoms with Gasteiger partial charge in [0.2, 0.25) is 5.91 Å². The number of hydrogen-bond donors (Lipinski definition) is 2. The first-order valence-corrected chi connectivity index (χ1v) is 7.85. The third kappa shape index (κ3) is 3.64. The molecule has 1 aliphatic carbocycles. The standard InChI is InChI=1S/C17H17BrN2O/c1-11-2-9-16(15(18)10-11)19-13-5-7-14(8-6-13)20-17(21)12-3-4-12/h2,5-10,12,19H,3-4H2,1H3,(H,20,21). The van der Waals surface area contributed by atoms with Crippen LogP contribution in [0.5, 0.6) is 0 Å². The monoisotopic (exact) mass is 344 g/mol. The largest absolute Gasteiger partial charge is 0.355 e. The Hall–Kier alpha value is -1.81. The number of benzene rings is 2. The lowest BCUT2D eigenvalue weighted by Crippen LogP contribution is -2.13. The van der Waals surface area contributed by atoms with Crippen molar-refractivity contribution in [3.05, 3.63) is 52.5 Å². The molecule has 1 saturated carbocycles. The van der Waals surface area contributed by atoms with Crippen LogP contribution in [0.3, 0.4) is 0 Å². The predicted molar refractivity (Wildman–Crippen MR) is 90.0 cm³/mol. The Labute approximate surface area is 132 Å². The Kier molecular flexibility index (Phi) is 3.97. The van der Waals surface area contributed by atoms with Crippen LogP contribution in [0, 0.1) is 12.8 Å². The van der Waals surface area contributed by atoms with Gasteiger partial charge in [0, 0.05) is 21.8 Å². The van der Waals surface area contributed by atoms with E-state index in [0.29, 0.717) is 0 Å². The molecular weight excluding hydrogens is 328 g/mol. The Balaban J connectivity index is 1.67. The number of rotatable bonds is 4. The molecule has 108 valence electrons. The van der Waals surface area contributed by atoms with Crippen molar-refractivity contribution < 1.29 is 4.79 Å². The quantitative estimate of drug-likeness (QED) is 0.832. The number of carbonyl (C=O) groups is 1. The average molecular weight is 345 g/mol. The summed E-state index contributed by atoms with van der Waals surface area (Å²) >= 11 is 3.56. The second-order valence-electron chi connectivity index (χ2n) is 5.45. The highest BCUT2D eigenvalue weighted by Gasteiger charge is 2.29. The van der Waals surface area contributed by atoms with Gasteiger partial charge < -0.3 is 10.6 Å². The van der Waals surface area contributed by atoms with Crippen LogP contribution in [0.2, 0.25) is 0 Å². The molecule has 1 amide bonds. The van der Waals surface area contributed by atoms with Crippen molar-refractivity contribution in [3.63, 3.8) is 0 Å². The summed E-state index contributed by atoms with van der Waals surface area (Å²) in [5.41, 5.74) is 4.07. The summed E-state index contributed by atoms with van der Waals surface area (Å²) < 4.78 is 1.04. The van der Waals surface area contributed by atoms with E-state index in [-0.39, 0.29) is 11.8 Å². The molecule has 0 spiro atoms. The minimum atomic E-state index is 0.136. The molecule has 0 aromatic heterocycles. The van der Waals surface area contributed by atoms with Crippen molar-refractivity contribution in [2.24, 2.45) is 5.92 Å². The maximum Gasteiger partial charge on any atom is 0.227 e. The Morgan fingerprint density at radius 3 is 2.38 bits per heavy atom. The van der Waals surface area contributed by atoms with Gasteiger partial charge in [-0.25, -0.2) is 0 Å². The van der Waals surface area contributed by atoms with Crippen LogP contribution < -0.4 is 10.6 Å². The van der Waals surface area contributed by atoms with Crippen LogP contribution in [-0.4, -0.2) is 5.91 Å². The summed E-state index contributed by atoms with van der Waals surface area (Å²) in [6, 6.07) is 14.0. The van der Waals surface area contributed by atoms with E-state index in [2.05, 4.69) is 45.6 Å². The number of aryl methyl sites for hydroxylation is 1. The lowest BCUT2D eigenvalue weighted by atomic mass is 10.2. The summed E-state index contributed by atoms with van der Waals surface area (Å²) in [6.07, 6.45) is 2.04. The molecule has 3 rings (SSSR count). The third-order valence-corrected chi connectivity index (χ3v) is 4.16. The zero-order valence-corrected chi connectivity index (χ0v) is 13.4. The van der Waals surface area contributed by atoms with Gasteiger partial charge in [-0.3, -0.25) is 4.79 Å². The van der Waals surface area contributed by atoms with Crippen molar-refractivity contribution in [1.29, 1.82) is 0 Å². The highest BCUT2D eigenvalue weighted by Crippen LogP contribution is 2.31. The topological polar surface area (TPSA) is 41.1 Å². The maximum absolute atomic E-state index is 11.7. The molecule has 0 heterocycles. The van der Waals surface area contributed by atoms with Gasteiger partial charge in [-0.05, 0) is 77.7 Å². The van der Waals surface area contributed by atoms with Gasteiger partial charge >= 0.3 is 0 Å². The van der Waals surface area contributed by atoms with Gasteiger partial charge in [-0.15, -0.1) is 0 Å². The Bertz CT molecular complexity index is 663. The highest BCUT2D eigenvalue weighted by molar-refractivity contribution is 9.10. The summed E-state index contributed by atoms with van der Waals surface area (Å²) in [6.45, 7) is 2.06. The van der Waals surface area contributed by atoms with E-state index in [9.17, 15) is 4.79 Å². The molecule has 0 bridgehead atoms. The molecule has 21 heavy (non-hydrogen) atoms. The fraction of sp³-hybridized carbons (Fsp3) is 0.235. The maximum atomic E-state index is 11.7. The van der Waals surface area contributed by atoms with Crippen LogP contribution in [-0.2, 0) is 4.79 Å². The fourth-order valence-electron chi connectivity index (χ4n) is 2.10. The smallest absolute Gasteiger partial charge is 0.227 e. The van der Waals surface area contributed by atoms with Gasteiger partial charge in [0.25, 0.3) is 0 Å². The van der Waals surface area contributed by atoms with Gasteiger partial charge in [0.1, 0.15) is 0 Å². The lowest BCUT2D eigenvalue weighted by molar-refractivity contribution is -0.117. The number of amides is 1. The number of halogens is 1. The summed E-state index contributed by atoms with van der Waals surface area (Å²) in [7, 11) is 0. The van der Waals surface area contributed by atoms with E-state index in [4.69, 9.17) is 0 Å². The van der Waals surface area contributed by atoms with E-state index in [0.717, 1.165) is 34.4 Å². The molecule has 4 heteroatoms. The number of carbonyl (C=O) groups excluding carboxylic acids is 1. The van der Waals surface area contributed by atoms with Gasteiger partial charge in [-0.1, -0.05) is 6.07 Å². The molecule has 0 saturated heterocycles. The van der Waals surface area contributed by atoms with E-state index in [1.54, 1.807) is 0 Å². The van der Waals surface area contributed by atoms with E-state index in [1.807, 2.05) is 30.3 Å². The molecule has 1 fully saturated rings. The van der Waals surface area contributed by atoms with E-state index < -0.39 is 0 Å². The summed E-state index contributed by atoms with van der Waals surface area (Å²) in [5.74, 6) is 0.364. The molecule has 1 aliphatic rings. The number of hydrogen-bond acceptors (Lipinski definition) is 2. The van der Waals surface area contributed by atoms with Crippen molar-refractivity contribution in [2.45, 2.75) is 19.8 Å². The Morgan fingerprint density at radius 1 is 1.10 bits per heavy atom. The molecule has 2 N–H and O–H groups in total. The first kappa shape index (κ1) is 14.1. The molecular formula is C17H17BrN2O. The average Bonchev–Trinajstić information content (AvgIpc) is 3.28. The summed E-state index contributed by atoms with van der Waals surface area (Å²) in [5, 5.41) is 6.29. The SMILES string of the molecule is Cc1ccc(Nc2ccc(NC(=O)C3CC3)cc2)c(Br)c1. The number of nitrogens with one attached hydrogen (secondary N) is 2. The molecule has 0 atom stereocenters.